The Morgan fingerprint density at radius 1 is 1.20 bits per heavy atom. The fraction of sp³-hybridized carbons (Fsp3) is 0.500. The summed E-state index contributed by atoms with van der Waals surface area (Å²) >= 11 is 3.29. The Morgan fingerprint density at radius 2 is 1.80 bits per heavy atom. The van der Waals surface area contributed by atoms with Crippen LogP contribution < -0.4 is 14.2 Å². The molecule has 1 aromatic carbocycles. The molecule has 0 saturated heterocycles. The maximum Gasteiger partial charge on any atom is 0.244 e. The molecule has 0 fully saturated rings. The van der Waals surface area contributed by atoms with E-state index < -0.39 is 10.0 Å². The van der Waals surface area contributed by atoms with Gasteiger partial charge in [0.05, 0.1) is 18.7 Å². The monoisotopic (exact) mass is 366 g/mol. The van der Waals surface area contributed by atoms with Crippen molar-refractivity contribution in [2.24, 2.45) is 0 Å². The molecule has 0 unspecified atom stereocenters. The van der Waals surface area contributed by atoms with E-state index in [0.717, 1.165) is 0 Å². The minimum atomic E-state index is -3.65. The summed E-state index contributed by atoms with van der Waals surface area (Å²) in [6.07, 6.45) is 0. The average molecular weight is 367 g/mol. The second-order valence-corrected chi connectivity index (χ2v) is 6.93. The molecule has 0 atom stereocenters. The van der Waals surface area contributed by atoms with Crippen LogP contribution in [0.1, 0.15) is 0 Å². The predicted molar refractivity (Wildman–Crippen MR) is 81.0 cm³/mol. The maximum atomic E-state index is 12.3. The molecule has 0 aliphatic carbocycles. The Balaban J connectivity index is 3.09. The van der Waals surface area contributed by atoms with E-state index in [1.165, 1.54) is 20.3 Å². The average Bonchev–Trinajstić information content (AvgIpc) is 2.37. The molecule has 1 aromatic rings. The van der Waals surface area contributed by atoms with Gasteiger partial charge in [0.1, 0.15) is 16.4 Å². The summed E-state index contributed by atoms with van der Waals surface area (Å²) in [5, 5.41) is 0. The molecule has 1 rings (SSSR count). The highest BCUT2D eigenvalue weighted by atomic mass is 79.9. The first-order valence-electron chi connectivity index (χ1n) is 5.87. The van der Waals surface area contributed by atoms with E-state index in [9.17, 15) is 8.42 Å². The summed E-state index contributed by atoms with van der Waals surface area (Å²) < 4.78 is 38.0. The van der Waals surface area contributed by atoms with Crippen molar-refractivity contribution in [2.75, 3.05) is 41.4 Å². The lowest BCUT2D eigenvalue weighted by Gasteiger charge is -2.14. The second kappa shape index (κ2) is 7.26. The van der Waals surface area contributed by atoms with Crippen LogP contribution in [0.25, 0.3) is 0 Å². The Morgan fingerprint density at radius 3 is 2.30 bits per heavy atom. The van der Waals surface area contributed by atoms with Crippen LogP contribution in [0, 0.1) is 0 Å². The highest BCUT2D eigenvalue weighted by Gasteiger charge is 2.21. The number of hydrogen-bond donors (Lipinski definition) is 1. The van der Waals surface area contributed by atoms with Gasteiger partial charge in [-0.2, -0.15) is 0 Å². The summed E-state index contributed by atoms with van der Waals surface area (Å²) in [5.41, 5.74) is 0. The lowest BCUT2D eigenvalue weighted by molar-refractivity contribution is 0.389. The molecule has 20 heavy (non-hydrogen) atoms. The largest absolute Gasteiger partial charge is 0.496 e. The van der Waals surface area contributed by atoms with Crippen molar-refractivity contribution in [3.05, 3.63) is 16.6 Å². The van der Waals surface area contributed by atoms with Crippen LogP contribution in [-0.4, -0.2) is 54.7 Å². The number of methoxy groups -OCH3 is 2. The van der Waals surface area contributed by atoms with Gasteiger partial charge in [-0.25, -0.2) is 13.1 Å². The molecule has 114 valence electrons. The van der Waals surface area contributed by atoms with E-state index in [-0.39, 0.29) is 10.6 Å². The van der Waals surface area contributed by atoms with Crippen LogP contribution in [-0.2, 0) is 10.0 Å². The van der Waals surface area contributed by atoms with E-state index in [0.29, 0.717) is 23.3 Å². The number of likely N-dealkylation sites (N-methyl/N-ethyl adjacent to an activating group) is 1. The van der Waals surface area contributed by atoms with Gasteiger partial charge >= 0.3 is 0 Å². The minimum absolute atomic E-state index is 0.0545. The molecule has 0 saturated carbocycles. The van der Waals surface area contributed by atoms with Crippen LogP contribution in [0.2, 0.25) is 0 Å². The minimum Gasteiger partial charge on any atom is -0.496 e. The maximum absolute atomic E-state index is 12.3. The number of ether oxygens (including phenoxy) is 2. The van der Waals surface area contributed by atoms with Gasteiger partial charge in [-0.15, -0.1) is 0 Å². The van der Waals surface area contributed by atoms with E-state index in [2.05, 4.69) is 20.7 Å². The van der Waals surface area contributed by atoms with Crippen molar-refractivity contribution in [3.8, 4) is 11.5 Å². The predicted octanol–water partition coefficient (Wildman–Crippen LogP) is 1.31. The number of halogens is 1. The van der Waals surface area contributed by atoms with Gasteiger partial charge in [0.25, 0.3) is 0 Å². The first-order valence-corrected chi connectivity index (χ1v) is 8.15. The SMILES string of the molecule is COc1cc(S(=O)(=O)NCCN(C)C)c(OC)cc1Br. The van der Waals surface area contributed by atoms with E-state index >= 15 is 0 Å². The lowest BCUT2D eigenvalue weighted by atomic mass is 10.3. The van der Waals surface area contributed by atoms with Crippen molar-refractivity contribution in [3.63, 3.8) is 0 Å². The van der Waals surface area contributed by atoms with Crippen molar-refractivity contribution in [1.29, 1.82) is 0 Å². The molecule has 0 aliphatic heterocycles. The van der Waals surface area contributed by atoms with Gasteiger partial charge in [0.2, 0.25) is 10.0 Å². The smallest absolute Gasteiger partial charge is 0.244 e. The van der Waals surface area contributed by atoms with Gasteiger partial charge in [0, 0.05) is 19.2 Å². The fourth-order valence-electron chi connectivity index (χ4n) is 1.52. The molecule has 0 radical (unpaired) electrons. The van der Waals surface area contributed by atoms with Crippen LogP contribution in [0.4, 0.5) is 0 Å². The van der Waals surface area contributed by atoms with Gasteiger partial charge in [-0.1, -0.05) is 0 Å². The quantitative estimate of drug-likeness (QED) is 0.787. The van der Waals surface area contributed by atoms with E-state index in [4.69, 9.17) is 9.47 Å². The molecule has 6 nitrogen and oxygen atoms in total. The van der Waals surface area contributed by atoms with Crippen LogP contribution in [0.5, 0.6) is 11.5 Å². The number of benzene rings is 1. The highest BCUT2D eigenvalue weighted by Crippen LogP contribution is 2.35. The zero-order valence-corrected chi connectivity index (χ0v) is 14.3. The number of hydrogen-bond acceptors (Lipinski definition) is 5. The Labute approximate surface area is 128 Å². The van der Waals surface area contributed by atoms with Gasteiger partial charge in [-0.05, 0) is 36.1 Å². The third-order valence-corrected chi connectivity index (χ3v) is 4.68. The van der Waals surface area contributed by atoms with Gasteiger partial charge in [0.15, 0.2) is 0 Å². The van der Waals surface area contributed by atoms with Crippen molar-refractivity contribution >= 4 is 26.0 Å². The molecule has 0 heterocycles. The molecule has 0 bridgehead atoms. The molecule has 0 amide bonds. The molecule has 0 aliphatic rings. The summed E-state index contributed by atoms with van der Waals surface area (Å²) in [6.45, 7) is 0.923. The molecular weight excluding hydrogens is 348 g/mol. The molecular formula is C12H19BrN2O4S. The number of sulfonamides is 1. The normalized spacial score (nSPS) is 11.7. The van der Waals surface area contributed by atoms with Crippen molar-refractivity contribution < 1.29 is 17.9 Å². The first kappa shape index (κ1) is 17.2. The van der Waals surface area contributed by atoms with Gasteiger partial charge in [-0.3, -0.25) is 0 Å². The van der Waals surface area contributed by atoms with Crippen molar-refractivity contribution in [1.82, 2.24) is 9.62 Å². The van der Waals surface area contributed by atoms with Gasteiger partial charge < -0.3 is 14.4 Å². The number of rotatable bonds is 7. The first-order chi connectivity index (χ1) is 9.31. The fourth-order valence-corrected chi connectivity index (χ4v) is 3.19. The molecule has 8 heteroatoms. The molecule has 1 N–H and O–H groups in total. The Hall–Kier alpha value is -0.830. The lowest BCUT2D eigenvalue weighted by Crippen LogP contribution is -2.31. The third kappa shape index (κ3) is 4.34. The molecule has 0 spiro atoms. The summed E-state index contributed by atoms with van der Waals surface area (Å²) in [5.74, 6) is 0.689. The second-order valence-electron chi connectivity index (χ2n) is 4.34. The van der Waals surface area contributed by atoms with Crippen LogP contribution >= 0.6 is 15.9 Å². The summed E-state index contributed by atoms with van der Waals surface area (Å²) in [7, 11) is 2.99. The van der Waals surface area contributed by atoms with Crippen LogP contribution in [0.3, 0.4) is 0 Å². The Kier molecular flexibility index (Phi) is 6.25. The van der Waals surface area contributed by atoms with Crippen molar-refractivity contribution in [2.45, 2.75) is 4.90 Å². The third-order valence-electron chi connectivity index (χ3n) is 2.58. The highest BCUT2D eigenvalue weighted by molar-refractivity contribution is 9.10. The number of nitrogens with zero attached hydrogens (tertiary/aromatic N) is 1. The van der Waals surface area contributed by atoms with Crippen LogP contribution in [0.15, 0.2) is 21.5 Å². The zero-order valence-electron chi connectivity index (χ0n) is 11.9. The van der Waals surface area contributed by atoms with E-state index in [1.807, 2.05) is 19.0 Å². The summed E-state index contributed by atoms with van der Waals surface area (Å²) in [6, 6.07) is 3.00. The summed E-state index contributed by atoms with van der Waals surface area (Å²) in [4.78, 5) is 1.95. The zero-order chi connectivity index (χ0) is 15.3. The topological polar surface area (TPSA) is 67.9 Å². The van der Waals surface area contributed by atoms with E-state index in [1.54, 1.807) is 6.07 Å². The Bertz CT molecular complexity index is 561. The number of nitrogens with one attached hydrogen (secondary N) is 1. The standard InChI is InChI=1S/C12H19BrN2O4S/c1-15(2)6-5-14-20(16,17)12-8-10(18-3)9(13)7-11(12)19-4/h7-8,14H,5-6H2,1-4H3. The molecule has 0 aromatic heterocycles.